The van der Waals surface area contributed by atoms with Gasteiger partial charge in [-0.15, -0.1) is 0 Å². The fourth-order valence-electron chi connectivity index (χ4n) is 2.29. The van der Waals surface area contributed by atoms with E-state index in [9.17, 15) is 0 Å². The van der Waals surface area contributed by atoms with Crippen molar-refractivity contribution in [3.8, 4) is 11.5 Å². The third kappa shape index (κ3) is 2.88. The van der Waals surface area contributed by atoms with Crippen LogP contribution in [0.15, 0.2) is 18.2 Å². The summed E-state index contributed by atoms with van der Waals surface area (Å²) < 4.78 is 10.9. The van der Waals surface area contributed by atoms with Crippen LogP contribution in [0.1, 0.15) is 13.8 Å². The van der Waals surface area contributed by atoms with Crippen LogP contribution in [0, 0.1) is 0 Å². The maximum atomic E-state index is 5.54. The van der Waals surface area contributed by atoms with Crippen molar-refractivity contribution in [2.45, 2.75) is 19.9 Å². The van der Waals surface area contributed by atoms with E-state index >= 15 is 0 Å². The summed E-state index contributed by atoms with van der Waals surface area (Å²) in [5.41, 5.74) is 1.20. The molecule has 0 aromatic heterocycles. The molecule has 1 fully saturated rings. The molecule has 4 nitrogen and oxygen atoms in total. The van der Waals surface area contributed by atoms with E-state index in [-0.39, 0.29) is 0 Å². The first kappa shape index (κ1) is 13.0. The number of ether oxygens (including phenoxy) is 2. The average Bonchev–Trinajstić information content (AvgIpc) is 2.39. The Morgan fingerprint density at radius 1 is 1.39 bits per heavy atom. The van der Waals surface area contributed by atoms with E-state index in [0.717, 1.165) is 31.1 Å². The molecule has 0 amide bonds. The molecule has 2 rings (SSSR count). The van der Waals surface area contributed by atoms with Gasteiger partial charge in [0.2, 0.25) is 0 Å². The van der Waals surface area contributed by atoms with Gasteiger partial charge in [-0.2, -0.15) is 0 Å². The molecule has 0 radical (unpaired) electrons. The molecule has 1 heterocycles. The Bertz CT molecular complexity index is 395. The molecule has 100 valence electrons. The Morgan fingerprint density at radius 2 is 2.22 bits per heavy atom. The molecule has 0 unspecified atom stereocenters. The number of methoxy groups -OCH3 is 1. The Balaban J connectivity index is 2.18. The Hall–Kier alpha value is -1.42. The summed E-state index contributed by atoms with van der Waals surface area (Å²) in [7, 11) is 1.68. The highest BCUT2D eigenvalue weighted by atomic mass is 16.5. The topological polar surface area (TPSA) is 33.7 Å². The van der Waals surface area contributed by atoms with Crippen molar-refractivity contribution < 1.29 is 9.47 Å². The van der Waals surface area contributed by atoms with Crippen LogP contribution in [-0.2, 0) is 0 Å². The third-order valence-corrected chi connectivity index (χ3v) is 3.18. The van der Waals surface area contributed by atoms with E-state index in [2.05, 4.69) is 29.3 Å². The van der Waals surface area contributed by atoms with E-state index in [1.54, 1.807) is 7.11 Å². The van der Waals surface area contributed by atoms with E-state index in [1.807, 2.05) is 13.0 Å². The summed E-state index contributed by atoms with van der Waals surface area (Å²) >= 11 is 0. The number of rotatable bonds is 4. The first-order valence-corrected chi connectivity index (χ1v) is 6.53. The van der Waals surface area contributed by atoms with Gasteiger partial charge in [0.05, 0.1) is 13.7 Å². The molecule has 1 N–H and O–H groups in total. The molecule has 1 aromatic carbocycles. The van der Waals surface area contributed by atoms with Gasteiger partial charge in [0, 0.05) is 37.4 Å². The molecule has 1 aliphatic rings. The van der Waals surface area contributed by atoms with Gasteiger partial charge in [-0.25, -0.2) is 0 Å². The van der Waals surface area contributed by atoms with Crippen LogP contribution in [0.3, 0.4) is 0 Å². The van der Waals surface area contributed by atoms with E-state index in [4.69, 9.17) is 9.47 Å². The molecule has 1 saturated heterocycles. The second-order valence-corrected chi connectivity index (χ2v) is 4.57. The summed E-state index contributed by atoms with van der Waals surface area (Å²) in [6.07, 6.45) is 0. The number of piperazine rings is 1. The van der Waals surface area contributed by atoms with Gasteiger partial charge in [0.1, 0.15) is 0 Å². The highest BCUT2D eigenvalue weighted by Crippen LogP contribution is 2.32. The second kappa shape index (κ2) is 5.96. The molecule has 4 heteroatoms. The molecule has 0 bridgehead atoms. The quantitative estimate of drug-likeness (QED) is 0.885. The molecule has 0 saturated carbocycles. The van der Waals surface area contributed by atoms with Crippen molar-refractivity contribution in [2.24, 2.45) is 0 Å². The number of hydrogen-bond donors (Lipinski definition) is 1. The zero-order chi connectivity index (χ0) is 13.0. The predicted molar refractivity (Wildman–Crippen MR) is 73.8 cm³/mol. The van der Waals surface area contributed by atoms with Crippen molar-refractivity contribution in [1.29, 1.82) is 0 Å². The average molecular weight is 250 g/mol. The summed E-state index contributed by atoms with van der Waals surface area (Å²) in [6, 6.07) is 6.68. The molecule has 1 aliphatic heterocycles. The van der Waals surface area contributed by atoms with Gasteiger partial charge < -0.3 is 19.7 Å². The van der Waals surface area contributed by atoms with Crippen molar-refractivity contribution in [3.63, 3.8) is 0 Å². The lowest BCUT2D eigenvalue weighted by atomic mass is 10.2. The predicted octanol–water partition coefficient (Wildman–Crippen LogP) is 1.89. The van der Waals surface area contributed by atoms with E-state index in [1.165, 1.54) is 5.69 Å². The molecule has 0 spiro atoms. The lowest BCUT2D eigenvalue weighted by molar-refractivity contribution is 0.311. The van der Waals surface area contributed by atoms with Gasteiger partial charge in [0.15, 0.2) is 11.5 Å². The number of hydrogen-bond acceptors (Lipinski definition) is 4. The molecule has 0 aliphatic carbocycles. The maximum absolute atomic E-state index is 5.54. The minimum absolute atomic E-state index is 0.524. The van der Waals surface area contributed by atoms with Crippen LogP contribution in [0.25, 0.3) is 0 Å². The third-order valence-electron chi connectivity index (χ3n) is 3.18. The van der Waals surface area contributed by atoms with Gasteiger partial charge in [0.25, 0.3) is 0 Å². The zero-order valence-electron chi connectivity index (χ0n) is 11.4. The van der Waals surface area contributed by atoms with Gasteiger partial charge in [-0.1, -0.05) is 0 Å². The number of benzene rings is 1. The highest BCUT2D eigenvalue weighted by Gasteiger charge is 2.17. The lowest BCUT2D eigenvalue weighted by Gasteiger charge is -2.33. The first-order chi connectivity index (χ1) is 8.74. The maximum Gasteiger partial charge on any atom is 0.162 e. The Kier molecular flexibility index (Phi) is 4.31. The van der Waals surface area contributed by atoms with Crippen molar-refractivity contribution in [3.05, 3.63) is 18.2 Å². The Morgan fingerprint density at radius 3 is 2.89 bits per heavy atom. The minimum Gasteiger partial charge on any atom is -0.493 e. The van der Waals surface area contributed by atoms with Gasteiger partial charge in [-0.3, -0.25) is 0 Å². The highest BCUT2D eigenvalue weighted by molar-refractivity contribution is 5.56. The van der Waals surface area contributed by atoms with Crippen molar-refractivity contribution in [2.75, 3.05) is 38.3 Å². The van der Waals surface area contributed by atoms with Gasteiger partial charge >= 0.3 is 0 Å². The van der Waals surface area contributed by atoms with Crippen molar-refractivity contribution >= 4 is 5.69 Å². The first-order valence-electron chi connectivity index (χ1n) is 6.53. The molecular formula is C14H22N2O2. The molecular weight excluding hydrogens is 228 g/mol. The van der Waals surface area contributed by atoms with Crippen LogP contribution >= 0.6 is 0 Å². The van der Waals surface area contributed by atoms with Crippen LogP contribution in [0.2, 0.25) is 0 Å². The number of anilines is 1. The normalized spacial score (nSPS) is 19.7. The summed E-state index contributed by atoms with van der Waals surface area (Å²) in [5, 5.41) is 3.44. The van der Waals surface area contributed by atoms with Crippen LogP contribution < -0.4 is 19.7 Å². The summed E-state index contributed by atoms with van der Waals surface area (Å²) in [4.78, 5) is 2.37. The fraction of sp³-hybridized carbons (Fsp3) is 0.571. The summed E-state index contributed by atoms with van der Waals surface area (Å²) in [6.45, 7) is 7.92. The minimum atomic E-state index is 0.524. The fourth-order valence-corrected chi connectivity index (χ4v) is 2.29. The van der Waals surface area contributed by atoms with E-state index in [0.29, 0.717) is 12.6 Å². The SMILES string of the molecule is CCOc1ccc(N2CCN[C@H](C)C2)cc1OC. The Labute approximate surface area is 109 Å². The van der Waals surface area contributed by atoms with Crippen molar-refractivity contribution in [1.82, 2.24) is 5.32 Å². The van der Waals surface area contributed by atoms with E-state index < -0.39 is 0 Å². The summed E-state index contributed by atoms with van der Waals surface area (Å²) in [5.74, 6) is 1.62. The molecule has 18 heavy (non-hydrogen) atoms. The zero-order valence-corrected chi connectivity index (χ0v) is 11.4. The smallest absolute Gasteiger partial charge is 0.162 e. The van der Waals surface area contributed by atoms with Crippen LogP contribution in [-0.4, -0.2) is 39.4 Å². The lowest BCUT2D eigenvalue weighted by Crippen LogP contribution is -2.49. The molecule has 1 atom stereocenters. The van der Waals surface area contributed by atoms with Crippen LogP contribution in [0.4, 0.5) is 5.69 Å². The van der Waals surface area contributed by atoms with Gasteiger partial charge in [-0.05, 0) is 26.0 Å². The largest absolute Gasteiger partial charge is 0.493 e. The monoisotopic (exact) mass is 250 g/mol. The second-order valence-electron chi connectivity index (χ2n) is 4.57. The molecule has 1 aromatic rings. The number of nitrogens with one attached hydrogen (secondary N) is 1. The number of nitrogens with zero attached hydrogens (tertiary/aromatic N) is 1. The standard InChI is InChI=1S/C14H22N2O2/c1-4-18-13-6-5-12(9-14(13)17-3)16-8-7-15-11(2)10-16/h5-6,9,11,15H,4,7-8,10H2,1-3H3/t11-/m1/s1. The van der Waals surface area contributed by atoms with Crippen LogP contribution in [0.5, 0.6) is 11.5 Å².